The average molecular weight is 246 g/mol. The molecule has 0 aromatic heterocycles. The number of benzene rings is 1. The highest BCUT2D eigenvalue weighted by atomic mass is 16.2. The molecule has 2 rings (SSSR count). The van der Waals surface area contributed by atoms with E-state index in [1.165, 1.54) is 0 Å². The first kappa shape index (κ1) is 13.1. The molecule has 0 bridgehead atoms. The number of amides is 1. The van der Waals surface area contributed by atoms with Crippen LogP contribution in [0.1, 0.15) is 19.8 Å². The fourth-order valence-electron chi connectivity index (χ4n) is 2.55. The molecular formula is C15H22N2O. The molecule has 1 saturated heterocycles. The number of piperidine rings is 1. The molecule has 0 N–H and O–H groups in total. The summed E-state index contributed by atoms with van der Waals surface area (Å²) in [5.74, 6) is 0.484. The Morgan fingerprint density at radius 1 is 1.28 bits per heavy atom. The van der Waals surface area contributed by atoms with Crippen molar-refractivity contribution in [3.05, 3.63) is 30.3 Å². The number of para-hydroxylation sites is 1. The zero-order valence-corrected chi connectivity index (χ0v) is 11.3. The summed E-state index contributed by atoms with van der Waals surface area (Å²) in [5, 5.41) is 0. The monoisotopic (exact) mass is 246 g/mol. The fraction of sp³-hybridized carbons (Fsp3) is 0.533. The predicted octanol–water partition coefficient (Wildman–Crippen LogP) is 2.38. The lowest BCUT2D eigenvalue weighted by atomic mass is 9.95. The van der Waals surface area contributed by atoms with Gasteiger partial charge in [0, 0.05) is 18.2 Å². The number of likely N-dealkylation sites (tertiary alicyclic amines) is 1. The number of hydrogen-bond acceptors (Lipinski definition) is 2. The number of rotatable bonds is 3. The number of carbonyl (C=O) groups excluding carboxylic acids is 1. The zero-order chi connectivity index (χ0) is 13.0. The van der Waals surface area contributed by atoms with E-state index in [2.05, 4.69) is 11.9 Å². The van der Waals surface area contributed by atoms with Crippen LogP contribution in [0.5, 0.6) is 0 Å². The van der Waals surface area contributed by atoms with E-state index in [9.17, 15) is 4.79 Å². The van der Waals surface area contributed by atoms with Crippen LogP contribution in [0.3, 0.4) is 0 Å². The molecule has 1 aliphatic rings. The molecule has 0 aliphatic carbocycles. The van der Waals surface area contributed by atoms with Crippen LogP contribution >= 0.6 is 0 Å². The van der Waals surface area contributed by atoms with Gasteiger partial charge in [-0.15, -0.1) is 0 Å². The summed E-state index contributed by atoms with van der Waals surface area (Å²) in [5.41, 5.74) is 1.02. The largest absolute Gasteiger partial charge is 0.312 e. The van der Waals surface area contributed by atoms with Crippen molar-refractivity contribution in [2.45, 2.75) is 19.8 Å². The third-order valence-electron chi connectivity index (χ3n) is 3.72. The van der Waals surface area contributed by atoms with Crippen LogP contribution in [-0.4, -0.2) is 37.5 Å². The summed E-state index contributed by atoms with van der Waals surface area (Å²) in [6.45, 7) is 4.85. The molecule has 1 amide bonds. The van der Waals surface area contributed by atoms with Crippen LogP contribution in [-0.2, 0) is 4.79 Å². The van der Waals surface area contributed by atoms with Gasteiger partial charge in [-0.1, -0.05) is 18.2 Å². The highest BCUT2D eigenvalue weighted by Crippen LogP contribution is 2.22. The van der Waals surface area contributed by atoms with E-state index in [4.69, 9.17) is 0 Å². The van der Waals surface area contributed by atoms with E-state index in [0.29, 0.717) is 0 Å². The minimum atomic E-state index is 0.196. The van der Waals surface area contributed by atoms with Crippen molar-refractivity contribution in [1.82, 2.24) is 4.90 Å². The van der Waals surface area contributed by atoms with Crippen molar-refractivity contribution in [3.8, 4) is 0 Å². The minimum absolute atomic E-state index is 0.196. The molecule has 0 unspecified atom stereocenters. The molecular weight excluding hydrogens is 224 g/mol. The topological polar surface area (TPSA) is 23.6 Å². The van der Waals surface area contributed by atoms with Gasteiger partial charge in [-0.3, -0.25) is 4.79 Å². The van der Waals surface area contributed by atoms with Crippen LogP contribution in [0, 0.1) is 5.92 Å². The van der Waals surface area contributed by atoms with Gasteiger partial charge in [0.15, 0.2) is 0 Å². The van der Waals surface area contributed by atoms with Gasteiger partial charge in [0.2, 0.25) is 5.91 Å². The molecule has 3 nitrogen and oxygen atoms in total. The maximum absolute atomic E-state index is 12.5. The molecule has 1 aliphatic heterocycles. The van der Waals surface area contributed by atoms with Gasteiger partial charge >= 0.3 is 0 Å². The second-order valence-electron chi connectivity index (χ2n) is 5.00. The normalized spacial score (nSPS) is 17.7. The van der Waals surface area contributed by atoms with Gasteiger partial charge in [0.1, 0.15) is 0 Å². The van der Waals surface area contributed by atoms with E-state index in [0.717, 1.165) is 38.2 Å². The molecule has 3 heteroatoms. The Balaban J connectivity index is 2.06. The molecule has 1 fully saturated rings. The molecule has 1 aromatic carbocycles. The smallest absolute Gasteiger partial charge is 0.230 e. The van der Waals surface area contributed by atoms with E-state index >= 15 is 0 Å². The van der Waals surface area contributed by atoms with Gasteiger partial charge in [-0.2, -0.15) is 0 Å². The predicted molar refractivity (Wildman–Crippen MR) is 74.7 cm³/mol. The first-order valence-corrected chi connectivity index (χ1v) is 6.77. The van der Waals surface area contributed by atoms with Crippen molar-refractivity contribution < 1.29 is 4.79 Å². The van der Waals surface area contributed by atoms with E-state index in [1.807, 2.05) is 42.2 Å². The van der Waals surface area contributed by atoms with Crippen LogP contribution in [0.2, 0.25) is 0 Å². The summed E-state index contributed by atoms with van der Waals surface area (Å²) in [6.07, 6.45) is 1.97. The number of anilines is 1. The summed E-state index contributed by atoms with van der Waals surface area (Å²) in [4.78, 5) is 16.8. The Labute approximate surface area is 109 Å². The second-order valence-corrected chi connectivity index (χ2v) is 5.00. The maximum Gasteiger partial charge on any atom is 0.230 e. The van der Waals surface area contributed by atoms with Crippen LogP contribution in [0.4, 0.5) is 5.69 Å². The van der Waals surface area contributed by atoms with Gasteiger partial charge in [-0.05, 0) is 52.0 Å². The average Bonchev–Trinajstić information content (AvgIpc) is 2.41. The number of nitrogens with zero attached hydrogens (tertiary/aromatic N) is 2. The quantitative estimate of drug-likeness (QED) is 0.817. The summed E-state index contributed by atoms with van der Waals surface area (Å²) < 4.78 is 0. The zero-order valence-electron chi connectivity index (χ0n) is 11.3. The standard InChI is InChI=1S/C15H22N2O/c1-3-17(14-7-5-4-6-8-14)15(18)13-9-11-16(2)12-10-13/h4-8,13H,3,9-12H2,1-2H3. The van der Waals surface area contributed by atoms with Crippen LogP contribution in [0.15, 0.2) is 30.3 Å². The number of carbonyl (C=O) groups is 1. The molecule has 0 spiro atoms. The fourth-order valence-corrected chi connectivity index (χ4v) is 2.55. The molecule has 98 valence electrons. The molecule has 0 atom stereocenters. The lowest BCUT2D eigenvalue weighted by molar-refractivity contribution is -0.123. The minimum Gasteiger partial charge on any atom is -0.312 e. The highest BCUT2D eigenvalue weighted by molar-refractivity contribution is 5.95. The Hall–Kier alpha value is -1.35. The first-order chi connectivity index (χ1) is 8.72. The SMILES string of the molecule is CCN(C(=O)C1CCN(C)CC1)c1ccccc1. The Kier molecular flexibility index (Phi) is 4.37. The lowest BCUT2D eigenvalue weighted by Gasteiger charge is -2.32. The second kappa shape index (κ2) is 6.01. The summed E-state index contributed by atoms with van der Waals surface area (Å²) >= 11 is 0. The highest BCUT2D eigenvalue weighted by Gasteiger charge is 2.27. The third kappa shape index (κ3) is 2.91. The summed E-state index contributed by atoms with van der Waals surface area (Å²) in [6, 6.07) is 9.98. The molecule has 18 heavy (non-hydrogen) atoms. The Morgan fingerprint density at radius 2 is 1.89 bits per heavy atom. The summed E-state index contributed by atoms with van der Waals surface area (Å²) in [7, 11) is 2.12. The van der Waals surface area contributed by atoms with Crippen LogP contribution < -0.4 is 4.90 Å². The first-order valence-electron chi connectivity index (χ1n) is 6.77. The molecule has 0 radical (unpaired) electrons. The van der Waals surface area contributed by atoms with Gasteiger partial charge < -0.3 is 9.80 Å². The van der Waals surface area contributed by atoms with Crippen molar-refractivity contribution in [3.63, 3.8) is 0 Å². The Morgan fingerprint density at radius 3 is 2.44 bits per heavy atom. The van der Waals surface area contributed by atoms with Gasteiger partial charge in [-0.25, -0.2) is 0 Å². The van der Waals surface area contributed by atoms with E-state index in [1.54, 1.807) is 0 Å². The van der Waals surface area contributed by atoms with E-state index < -0.39 is 0 Å². The maximum atomic E-state index is 12.5. The van der Waals surface area contributed by atoms with Gasteiger partial charge in [0.25, 0.3) is 0 Å². The van der Waals surface area contributed by atoms with Crippen molar-refractivity contribution in [2.24, 2.45) is 5.92 Å². The van der Waals surface area contributed by atoms with Crippen molar-refractivity contribution in [1.29, 1.82) is 0 Å². The lowest BCUT2D eigenvalue weighted by Crippen LogP contribution is -2.41. The van der Waals surface area contributed by atoms with Crippen molar-refractivity contribution in [2.75, 3.05) is 31.6 Å². The van der Waals surface area contributed by atoms with Gasteiger partial charge in [0.05, 0.1) is 0 Å². The van der Waals surface area contributed by atoms with Crippen molar-refractivity contribution >= 4 is 11.6 Å². The third-order valence-corrected chi connectivity index (χ3v) is 3.72. The Bertz CT molecular complexity index is 383. The molecule has 1 aromatic rings. The van der Waals surface area contributed by atoms with Crippen LogP contribution in [0.25, 0.3) is 0 Å². The molecule has 1 heterocycles. The number of hydrogen-bond donors (Lipinski definition) is 0. The molecule has 0 saturated carbocycles. The van der Waals surface area contributed by atoms with E-state index in [-0.39, 0.29) is 11.8 Å².